The minimum absolute atomic E-state index is 0.0248. The highest BCUT2D eigenvalue weighted by Crippen LogP contribution is 2.35. The van der Waals surface area contributed by atoms with Gasteiger partial charge in [0, 0.05) is 11.3 Å². The summed E-state index contributed by atoms with van der Waals surface area (Å²) in [6, 6.07) is 5.96. The van der Waals surface area contributed by atoms with Crippen molar-refractivity contribution in [3.63, 3.8) is 0 Å². The number of amidine groups is 1. The van der Waals surface area contributed by atoms with E-state index in [-0.39, 0.29) is 29.3 Å². The number of carbonyl (C=O) groups excluding carboxylic acids is 1. The lowest BCUT2D eigenvalue weighted by Crippen LogP contribution is -2.41. The zero-order chi connectivity index (χ0) is 20.6. The number of alkyl halides is 1. The number of benzene rings is 1. The van der Waals surface area contributed by atoms with E-state index in [9.17, 15) is 18.0 Å². The highest BCUT2D eigenvalue weighted by Gasteiger charge is 2.40. The molecular formula is C18H14F3N7O. The summed E-state index contributed by atoms with van der Waals surface area (Å²) in [5, 5.41) is 10.1. The van der Waals surface area contributed by atoms with Crippen LogP contribution in [0.4, 0.5) is 18.9 Å². The molecule has 3 heterocycles. The van der Waals surface area contributed by atoms with Gasteiger partial charge in [-0.15, -0.1) is 5.10 Å². The maximum atomic E-state index is 14.6. The number of amides is 1. The second-order valence-corrected chi connectivity index (χ2v) is 6.45. The number of nitrogens with two attached hydrogens (primary N) is 1. The zero-order valence-corrected chi connectivity index (χ0v) is 14.8. The molecule has 4 rings (SSSR count). The third-order valence-corrected chi connectivity index (χ3v) is 4.53. The van der Waals surface area contributed by atoms with Crippen LogP contribution in [0.2, 0.25) is 0 Å². The van der Waals surface area contributed by atoms with Gasteiger partial charge in [0.25, 0.3) is 5.91 Å². The van der Waals surface area contributed by atoms with Crippen LogP contribution in [0.1, 0.15) is 21.7 Å². The van der Waals surface area contributed by atoms with Crippen molar-refractivity contribution in [2.75, 3.05) is 12.0 Å². The summed E-state index contributed by atoms with van der Waals surface area (Å²) in [5.74, 6) is -1.97. The van der Waals surface area contributed by atoms with Crippen molar-refractivity contribution in [1.82, 2.24) is 20.0 Å². The highest BCUT2D eigenvalue weighted by atomic mass is 19.1. The lowest BCUT2D eigenvalue weighted by molar-refractivity contribution is 0.102. The van der Waals surface area contributed by atoms with Crippen molar-refractivity contribution in [3.05, 3.63) is 71.3 Å². The number of aliphatic imine (C=N–C) groups is 1. The smallest absolute Gasteiger partial charge is 0.274 e. The fourth-order valence-corrected chi connectivity index (χ4v) is 3.10. The average Bonchev–Trinajstić information content (AvgIpc) is 3.18. The largest absolute Gasteiger partial charge is 0.382 e. The van der Waals surface area contributed by atoms with E-state index in [0.717, 1.165) is 18.3 Å². The Morgan fingerprint density at radius 1 is 1.24 bits per heavy atom. The molecule has 8 nitrogen and oxygen atoms in total. The Morgan fingerprint density at radius 2 is 2.07 bits per heavy atom. The third kappa shape index (κ3) is 3.30. The minimum Gasteiger partial charge on any atom is -0.382 e. The monoisotopic (exact) mass is 401 g/mol. The van der Waals surface area contributed by atoms with Crippen molar-refractivity contribution in [1.29, 1.82) is 0 Å². The molecule has 11 heteroatoms. The Bertz CT molecular complexity index is 1110. The summed E-state index contributed by atoms with van der Waals surface area (Å²) in [5.41, 5.74) is 4.67. The van der Waals surface area contributed by atoms with E-state index in [4.69, 9.17) is 5.73 Å². The van der Waals surface area contributed by atoms with Gasteiger partial charge in [0.1, 0.15) is 41.1 Å². The van der Waals surface area contributed by atoms with E-state index in [1.54, 1.807) is 0 Å². The van der Waals surface area contributed by atoms with Crippen molar-refractivity contribution >= 4 is 17.4 Å². The molecule has 0 aliphatic carbocycles. The summed E-state index contributed by atoms with van der Waals surface area (Å²) in [6.45, 7) is -1.17. The van der Waals surface area contributed by atoms with E-state index in [1.807, 2.05) is 0 Å². The summed E-state index contributed by atoms with van der Waals surface area (Å²) < 4.78 is 43.1. The van der Waals surface area contributed by atoms with Gasteiger partial charge >= 0.3 is 0 Å². The molecule has 1 amide bonds. The number of halogens is 3. The lowest BCUT2D eigenvalue weighted by Gasteiger charge is -2.32. The molecule has 0 fully saturated rings. The number of rotatable bonds is 4. The minimum atomic E-state index is -1.66. The van der Waals surface area contributed by atoms with Crippen LogP contribution in [0.5, 0.6) is 0 Å². The molecule has 0 spiro atoms. The van der Waals surface area contributed by atoms with E-state index in [0.29, 0.717) is 5.69 Å². The van der Waals surface area contributed by atoms with Gasteiger partial charge in [0.05, 0.1) is 18.9 Å². The molecular weight excluding hydrogens is 387 g/mol. The van der Waals surface area contributed by atoms with Crippen LogP contribution in [0.3, 0.4) is 0 Å². The molecule has 0 saturated heterocycles. The van der Waals surface area contributed by atoms with Crippen molar-refractivity contribution < 1.29 is 18.0 Å². The van der Waals surface area contributed by atoms with Crippen LogP contribution in [-0.2, 0) is 12.1 Å². The average molecular weight is 401 g/mol. The van der Waals surface area contributed by atoms with Crippen LogP contribution < -0.4 is 11.1 Å². The van der Waals surface area contributed by atoms with Crippen LogP contribution in [0.15, 0.2) is 47.7 Å². The van der Waals surface area contributed by atoms with E-state index in [1.165, 1.54) is 29.1 Å². The Kier molecular flexibility index (Phi) is 4.49. The Hall–Kier alpha value is -3.76. The van der Waals surface area contributed by atoms with Crippen LogP contribution in [-0.4, -0.2) is 38.4 Å². The van der Waals surface area contributed by atoms with E-state index in [2.05, 4.69) is 25.6 Å². The van der Waals surface area contributed by atoms with Gasteiger partial charge in [0.2, 0.25) is 0 Å². The molecule has 2 aromatic heterocycles. The number of carbonyl (C=O) groups is 1. The first-order chi connectivity index (χ1) is 13.9. The molecule has 1 atom stereocenters. The molecule has 1 aliphatic rings. The number of pyridine rings is 1. The fourth-order valence-electron chi connectivity index (χ4n) is 3.10. The SMILES string of the molecule is NC1=NC(CF)(c2cc(NC(=O)c3ccc(F)cn3)ccc2F)Cn2nncc21. The number of nitrogens with zero attached hydrogens (tertiary/aromatic N) is 5. The molecule has 1 aliphatic heterocycles. The van der Waals surface area contributed by atoms with Crippen molar-refractivity contribution in [2.45, 2.75) is 12.1 Å². The molecule has 0 saturated carbocycles. The van der Waals surface area contributed by atoms with Gasteiger partial charge in [-0.1, -0.05) is 5.21 Å². The second kappa shape index (κ2) is 7.00. The summed E-state index contributed by atoms with van der Waals surface area (Å²) in [7, 11) is 0. The maximum Gasteiger partial charge on any atom is 0.274 e. The zero-order valence-electron chi connectivity index (χ0n) is 14.8. The summed E-state index contributed by atoms with van der Waals surface area (Å²) in [4.78, 5) is 20.2. The quantitative estimate of drug-likeness (QED) is 0.692. The van der Waals surface area contributed by atoms with Gasteiger partial charge in [-0.2, -0.15) is 0 Å². The topological polar surface area (TPSA) is 111 Å². The van der Waals surface area contributed by atoms with Gasteiger partial charge in [0.15, 0.2) is 0 Å². The lowest BCUT2D eigenvalue weighted by atomic mass is 9.89. The molecule has 0 bridgehead atoms. The predicted octanol–water partition coefficient (Wildman–Crippen LogP) is 1.79. The first-order valence-electron chi connectivity index (χ1n) is 8.45. The molecule has 29 heavy (non-hydrogen) atoms. The normalized spacial score (nSPS) is 18.1. The standard InChI is InChI=1S/C18H14F3N7O/c19-8-18(9-28-15(7-24-27-28)16(22)26-18)12-5-11(2-3-13(12)21)25-17(29)14-4-1-10(20)6-23-14/h1-7H,8-9H2,(H2,22,26)(H,25,29). The molecule has 3 N–H and O–H groups in total. The van der Waals surface area contributed by atoms with Gasteiger partial charge < -0.3 is 11.1 Å². The molecule has 1 aromatic carbocycles. The summed E-state index contributed by atoms with van der Waals surface area (Å²) >= 11 is 0. The van der Waals surface area contributed by atoms with E-state index >= 15 is 0 Å². The highest BCUT2D eigenvalue weighted by molar-refractivity contribution is 6.02. The molecule has 148 valence electrons. The molecule has 0 radical (unpaired) electrons. The Morgan fingerprint density at radius 3 is 2.79 bits per heavy atom. The molecule has 1 unspecified atom stereocenters. The maximum absolute atomic E-state index is 14.6. The molecule has 3 aromatic rings. The van der Waals surface area contributed by atoms with Crippen molar-refractivity contribution in [2.24, 2.45) is 10.7 Å². The number of fused-ring (bicyclic) bond motifs is 1. The number of nitrogens with one attached hydrogen (secondary N) is 1. The Balaban J connectivity index is 1.69. The second-order valence-electron chi connectivity index (χ2n) is 6.45. The first kappa shape index (κ1) is 18.6. The number of anilines is 1. The van der Waals surface area contributed by atoms with Crippen LogP contribution >= 0.6 is 0 Å². The van der Waals surface area contributed by atoms with Crippen LogP contribution in [0.25, 0.3) is 0 Å². The number of hydrogen-bond donors (Lipinski definition) is 2. The fraction of sp³-hybridized carbons (Fsp3) is 0.167. The van der Waals surface area contributed by atoms with Gasteiger partial charge in [-0.05, 0) is 30.3 Å². The van der Waals surface area contributed by atoms with Gasteiger partial charge in [-0.25, -0.2) is 22.8 Å². The number of aromatic nitrogens is 4. The predicted molar refractivity (Wildman–Crippen MR) is 96.9 cm³/mol. The van der Waals surface area contributed by atoms with Crippen molar-refractivity contribution in [3.8, 4) is 0 Å². The number of hydrogen-bond acceptors (Lipinski definition) is 6. The Labute approximate surface area is 162 Å². The summed E-state index contributed by atoms with van der Waals surface area (Å²) in [6.07, 6.45) is 2.28. The van der Waals surface area contributed by atoms with E-state index < -0.39 is 29.8 Å². The third-order valence-electron chi connectivity index (χ3n) is 4.53. The first-order valence-corrected chi connectivity index (χ1v) is 8.45. The van der Waals surface area contributed by atoms with Crippen LogP contribution in [0, 0.1) is 11.6 Å². The van der Waals surface area contributed by atoms with Gasteiger partial charge in [-0.3, -0.25) is 9.79 Å².